The van der Waals surface area contributed by atoms with Gasteiger partial charge in [0.2, 0.25) is 5.91 Å². The van der Waals surface area contributed by atoms with Gasteiger partial charge in [0.15, 0.2) is 0 Å². The Morgan fingerprint density at radius 2 is 2.10 bits per heavy atom. The van der Waals surface area contributed by atoms with Gasteiger partial charge in [-0.15, -0.1) is 0 Å². The zero-order valence-corrected chi connectivity index (χ0v) is 11.6. The summed E-state index contributed by atoms with van der Waals surface area (Å²) < 4.78 is 10.3. The second kappa shape index (κ2) is 8.16. The fraction of sp³-hybridized carbons (Fsp3) is 0.429. The van der Waals surface area contributed by atoms with Crippen molar-refractivity contribution >= 4 is 17.6 Å². The van der Waals surface area contributed by atoms with Crippen molar-refractivity contribution in [2.45, 2.75) is 26.4 Å². The van der Waals surface area contributed by atoms with E-state index in [0.29, 0.717) is 11.4 Å². The van der Waals surface area contributed by atoms with E-state index in [2.05, 4.69) is 5.32 Å². The van der Waals surface area contributed by atoms with E-state index >= 15 is 0 Å². The van der Waals surface area contributed by atoms with Crippen LogP contribution >= 0.6 is 0 Å². The summed E-state index contributed by atoms with van der Waals surface area (Å²) in [6.07, 6.45) is 0.986. The van der Waals surface area contributed by atoms with Gasteiger partial charge in [-0.2, -0.15) is 0 Å². The fourth-order valence-electron chi connectivity index (χ4n) is 1.39. The molecule has 0 spiro atoms. The molecule has 6 nitrogen and oxygen atoms in total. The van der Waals surface area contributed by atoms with Gasteiger partial charge in [-0.3, -0.25) is 4.79 Å². The van der Waals surface area contributed by atoms with Crippen LogP contribution in [-0.4, -0.2) is 36.3 Å². The summed E-state index contributed by atoms with van der Waals surface area (Å²) in [5.74, 6) is -0.850. The Kier molecular flexibility index (Phi) is 6.52. The average molecular weight is 281 g/mol. The molecule has 0 heterocycles. The van der Waals surface area contributed by atoms with Gasteiger partial charge < -0.3 is 19.9 Å². The number of benzene rings is 1. The number of aliphatic carboxylic acids is 1. The molecule has 0 saturated heterocycles. The van der Waals surface area contributed by atoms with Gasteiger partial charge in [0.25, 0.3) is 0 Å². The predicted molar refractivity (Wildman–Crippen MR) is 73.9 cm³/mol. The normalized spacial score (nSPS) is 11.7. The molecule has 20 heavy (non-hydrogen) atoms. The molecule has 0 radical (unpaired) electrons. The van der Waals surface area contributed by atoms with E-state index in [1.165, 1.54) is 0 Å². The minimum absolute atomic E-state index is 0.0971. The number of hydrogen-bond acceptors (Lipinski definition) is 4. The van der Waals surface area contributed by atoms with E-state index in [1.807, 2.05) is 19.9 Å². The van der Waals surface area contributed by atoms with Crippen molar-refractivity contribution < 1.29 is 24.2 Å². The van der Waals surface area contributed by atoms with Gasteiger partial charge in [0, 0.05) is 11.8 Å². The van der Waals surface area contributed by atoms with Crippen LogP contribution in [0.15, 0.2) is 24.3 Å². The molecule has 0 bridgehead atoms. The van der Waals surface area contributed by atoms with Crippen molar-refractivity contribution in [1.82, 2.24) is 0 Å². The number of carbonyl (C=O) groups is 2. The summed E-state index contributed by atoms with van der Waals surface area (Å²) >= 11 is 0. The number of carboxylic acids is 1. The van der Waals surface area contributed by atoms with Crippen molar-refractivity contribution in [3.05, 3.63) is 24.3 Å². The number of carbonyl (C=O) groups excluding carboxylic acids is 1. The molecule has 0 saturated carbocycles. The highest BCUT2D eigenvalue weighted by Crippen LogP contribution is 2.19. The maximum atomic E-state index is 11.5. The highest BCUT2D eigenvalue weighted by atomic mass is 16.5. The summed E-state index contributed by atoms with van der Waals surface area (Å²) in [4.78, 5) is 21.8. The number of nitrogens with one attached hydrogen (secondary N) is 1. The third-order valence-electron chi connectivity index (χ3n) is 2.49. The molecule has 0 aromatic heterocycles. The van der Waals surface area contributed by atoms with Crippen molar-refractivity contribution in [1.29, 1.82) is 0 Å². The van der Waals surface area contributed by atoms with Gasteiger partial charge >= 0.3 is 5.97 Å². The Morgan fingerprint density at radius 1 is 1.35 bits per heavy atom. The van der Waals surface area contributed by atoms with Gasteiger partial charge in [0.1, 0.15) is 19.0 Å². The van der Waals surface area contributed by atoms with E-state index in [4.69, 9.17) is 14.6 Å². The standard InChI is InChI=1S/C14H19NO5/c1-3-10(2)20-12-6-4-5-11(7-12)15-13(16)8-19-9-14(17)18/h4-7,10H,3,8-9H2,1-2H3,(H,15,16)(H,17,18). The van der Waals surface area contributed by atoms with Crippen molar-refractivity contribution in [3.63, 3.8) is 0 Å². The lowest BCUT2D eigenvalue weighted by Crippen LogP contribution is -2.20. The molecule has 1 aromatic carbocycles. The number of carboxylic acid groups (broad SMARTS) is 1. The van der Waals surface area contributed by atoms with E-state index in [9.17, 15) is 9.59 Å². The average Bonchev–Trinajstić information content (AvgIpc) is 2.38. The van der Waals surface area contributed by atoms with Crippen LogP contribution < -0.4 is 10.1 Å². The smallest absolute Gasteiger partial charge is 0.329 e. The number of ether oxygens (including phenoxy) is 2. The van der Waals surface area contributed by atoms with E-state index < -0.39 is 18.5 Å². The van der Waals surface area contributed by atoms with Crippen LogP contribution in [0.2, 0.25) is 0 Å². The van der Waals surface area contributed by atoms with Crippen LogP contribution in [0.4, 0.5) is 5.69 Å². The lowest BCUT2D eigenvalue weighted by atomic mass is 10.2. The maximum absolute atomic E-state index is 11.5. The third-order valence-corrected chi connectivity index (χ3v) is 2.49. The first-order valence-corrected chi connectivity index (χ1v) is 6.37. The first-order valence-electron chi connectivity index (χ1n) is 6.37. The minimum atomic E-state index is -1.11. The Balaban J connectivity index is 2.48. The molecule has 1 aromatic rings. The Bertz CT molecular complexity index is 461. The lowest BCUT2D eigenvalue weighted by Gasteiger charge is -2.13. The highest BCUT2D eigenvalue weighted by Gasteiger charge is 2.06. The summed E-state index contributed by atoms with van der Waals surface area (Å²) in [6, 6.07) is 7.01. The number of amides is 1. The molecule has 1 amide bonds. The van der Waals surface area contributed by atoms with Gasteiger partial charge in [-0.05, 0) is 25.5 Å². The summed E-state index contributed by atoms with van der Waals surface area (Å²) in [6.45, 7) is 3.19. The fourth-order valence-corrected chi connectivity index (χ4v) is 1.39. The predicted octanol–water partition coefficient (Wildman–Crippen LogP) is 1.90. The molecular weight excluding hydrogens is 262 g/mol. The summed E-state index contributed by atoms with van der Waals surface area (Å²) in [7, 11) is 0. The van der Waals surface area contributed by atoms with E-state index in [-0.39, 0.29) is 12.7 Å². The van der Waals surface area contributed by atoms with Crippen molar-refractivity contribution in [2.24, 2.45) is 0 Å². The largest absolute Gasteiger partial charge is 0.491 e. The topological polar surface area (TPSA) is 84.9 Å². The minimum Gasteiger partial charge on any atom is -0.491 e. The molecule has 2 N–H and O–H groups in total. The zero-order chi connectivity index (χ0) is 15.0. The monoisotopic (exact) mass is 281 g/mol. The van der Waals surface area contributed by atoms with Gasteiger partial charge in [-0.25, -0.2) is 4.79 Å². The Morgan fingerprint density at radius 3 is 2.75 bits per heavy atom. The molecule has 0 aliphatic carbocycles. The SMILES string of the molecule is CCC(C)Oc1cccc(NC(=O)COCC(=O)O)c1. The zero-order valence-electron chi connectivity index (χ0n) is 11.6. The third kappa shape index (κ3) is 6.19. The second-order valence-corrected chi connectivity index (χ2v) is 4.30. The second-order valence-electron chi connectivity index (χ2n) is 4.30. The molecule has 0 aliphatic heterocycles. The van der Waals surface area contributed by atoms with E-state index in [0.717, 1.165) is 6.42 Å². The van der Waals surface area contributed by atoms with E-state index in [1.54, 1.807) is 18.2 Å². The van der Waals surface area contributed by atoms with Gasteiger partial charge in [-0.1, -0.05) is 13.0 Å². The molecule has 1 unspecified atom stereocenters. The number of rotatable bonds is 8. The number of hydrogen-bond donors (Lipinski definition) is 2. The summed E-state index contributed by atoms with van der Waals surface area (Å²) in [5.41, 5.74) is 0.578. The molecular formula is C14H19NO5. The molecule has 0 fully saturated rings. The van der Waals surface area contributed by atoms with Crippen molar-refractivity contribution in [3.8, 4) is 5.75 Å². The van der Waals surface area contributed by atoms with Gasteiger partial charge in [0.05, 0.1) is 6.10 Å². The molecule has 6 heteroatoms. The lowest BCUT2D eigenvalue weighted by molar-refractivity contribution is -0.143. The van der Waals surface area contributed by atoms with Crippen LogP contribution in [0.25, 0.3) is 0 Å². The molecule has 1 atom stereocenters. The number of anilines is 1. The van der Waals surface area contributed by atoms with Crippen LogP contribution in [0.1, 0.15) is 20.3 Å². The molecule has 1 rings (SSSR count). The maximum Gasteiger partial charge on any atom is 0.329 e. The highest BCUT2D eigenvalue weighted by molar-refractivity contribution is 5.92. The summed E-state index contributed by atoms with van der Waals surface area (Å²) in [5, 5.41) is 11.0. The Labute approximate surface area is 117 Å². The first kappa shape index (κ1) is 16.0. The van der Waals surface area contributed by atoms with Crippen LogP contribution in [0.3, 0.4) is 0 Å². The van der Waals surface area contributed by atoms with Crippen molar-refractivity contribution in [2.75, 3.05) is 18.5 Å². The Hall–Kier alpha value is -2.08. The van der Waals surface area contributed by atoms with Crippen LogP contribution in [0.5, 0.6) is 5.75 Å². The molecule has 110 valence electrons. The quantitative estimate of drug-likeness (QED) is 0.760. The van der Waals surface area contributed by atoms with Crippen LogP contribution in [-0.2, 0) is 14.3 Å². The van der Waals surface area contributed by atoms with Crippen LogP contribution in [0, 0.1) is 0 Å². The first-order chi connectivity index (χ1) is 9.51. The molecule has 0 aliphatic rings.